The van der Waals surface area contributed by atoms with E-state index in [0.717, 1.165) is 18.4 Å². The van der Waals surface area contributed by atoms with E-state index in [1.54, 1.807) is 0 Å². The Balaban J connectivity index is 2.42. The smallest absolute Gasteiger partial charge is 0.220 e. The van der Waals surface area contributed by atoms with E-state index < -0.39 is 7.37 Å². The molecule has 0 spiro atoms. The van der Waals surface area contributed by atoms with Gasteiger partial charge in [0.05, 0.1) is 12.9 Å². The van der Waals surface area contributed by atoms with Crippen molar-refractivity contribution in [3.05, 3.63) is 48.0 Å². The van der Waals surface area contributed by atoms with E-state index in [9.17, 15) is 4.57 Å². The molecule has 0 saturated heterocycles. The van der Waals surface area contributed by atoms with Crippen LogP contribution >= 0.6 is 7.37 Å². The first-order valence-corrected chi connectivity index (χ1v) is 8.81. The summed E-state index contributed by atoms with van der Waals surface area (Å²) < 4.78 is 17.9. The molecule has 3 nitrogen and oxygen atoms in total. The van der Waals surface area contributed by atoms with Crippen LogP contribution in [0.4, 0.5) is 0 Å². The average Bonchev–Trinajstić information content (AvgIpc) is 2.46. The molecule has 0 bridgehead atoms. The second kappa shape index (κ2) is 9.08. The predicted octanol–water partition coefficient (Wildman–Crippen LogP) is 4.14. The van der Waals surface area contributed by atoms with E-state index in [1.165, 1.54) is 6.42 Å². The van der Waals surface area contributed by atoms with Crippen molar-refractivity contribution < 1.29 is 9.09 Å². The predicted molar refractivity (Wildman–Crippen MR) is 81.4 cm³/mol. The lowest BCUT2D eigenvalue weighted by atomic mass is 10.2. The van der Waals surface area contributed by atoms with Crippen LogP contribution in [0.1, 0.15) is 31.7 Å². The molecule has 1 aromatic carbocycles. The van der Waals surface area contributed by atoms with E-state index in [4.69, 9.17) is 10.3 Å². The Labute approximate surface area is 116 Å². The average molecular weight is 281 g/mol. The van der Waals surface area contributed by atoms with Crippen molar-refractivity contribution in [2.45, 2.75) is 32.8 Å². The Hall–Kier alpha value is -0.890. The Morgan fingerprint density at radius 3 is 2.63 bits per heavy atom. The van der Waals surface area contributed by atoms with Crippen LogP contribution in [-0.2, 0) is 15.7 Å². The highest BCUT2D eigenvalue weighted by Gasteiger charge is 2.19. The molecule has 1 aromatic rings. The monoisotopic (exact) mass is 281 g/mol. The van der Waals surface area contributed by atoms with E-state index in [1.807, 2.05) is 36.4 Å². The molecular weight excluding hydrogens is 257 g/mol. The molecule has 0 unspecified atom stereocenters. The second-order valence-electron chi connectivity index (χ2n) is 4.55. The number of allylic oxidation sites excluding steroid dienone is 2. The number of hydrogen-bond acceptors (Lipinski definition) is 3. The third kappa shape index (κ3) is 6.72. The summed E-state index contributed by atoms with van der Waals surface area (Å²) in [5.41, 5.74) is 6.61. The van der Waals surface area contributed by atoms with Gasteiger partial charge in [-0.15, -0.1) is 0 Å². The third-order valence-electron chi connectivity index (χ3n) is 2.86. The molecule has 4 heteroatoms. The van der Waals surface area contributed by atoms with Crippen LogP contribution in [0.25, 0.3) is 0 Å². The Kier molecular flexibility index (Phi) is 7.73. The standard InChI is InChI=1S/C15H24NO2P/c1-2-3-4-5-9-12-19(17,14-16)18-13-15-10-7-6-8-11-15/h5-11H,2-4,12-14,16H2,1H3/b9-5+/t19-/m1/s1. The van der Waals surface area contributed by atoms with Gasteiger partial charge in [0.15, 0.2) is 0 Å². The zero-order chi connectivity index (χ0) is 14.0. The lowest BCUT2D eigenvalue weighted by molar-refractivity contribution is 0.304. The fourth-order valence-corrected chi connectivity index (χ4v) is 2.84. The summed E-state index contributed by atoms with van der Waals surface area (Å²) in [5.74, 6) is 0. The molecule has 0 radical (unpaired) electrons. The lowest BCUT2D eigenvalue weighted by Crippen LogP contribution is -2.06. The summed E-state index contributed by atoms with van der Waals surface area (Å²) in [7, 11) is -2.72. The van der Waals surface area contributed by atoms with Gasteiger partial charge in [-0.05, 0) is 12.0 Å². The summed E-state index contributed by atoms with van der Waals surface area (Å²) in [5, 5.41) is 0. The first kappa shape index (κ1) is 16.2. The van der Waals surface area contributed by atoms with Gasteiger partial charge >= 0.3 is 0 Å². The summed E-state index contributed by atoms with van der Waals surface area (Å²) in [6, 6.07) is 9.74. The molecule has 0 aromatic heterocycles. The molecule has 1 atom stereocenters. The first-order chi connectivity index (χ1) is 9.20. The van der Waals surface area contributed by atoms with Gasteiger partial charge in [-0.3, -0.25) is 4.57 Å². The van der Waals surface area contributed by atoms with E-state index in [0.29, 0.717) is 12.8 Å². The van der Waals surface area contributed by atoms with Crippen LogP contribution in [0.2, 0.25) is 0 Å². The van der Waals surface area contributed by atoms with Crippen molar-refractivity contribution in [3.63, 3.8) is 0 Å². The minimum absolute atomic E-state index is 0.0952. The van der Waals surface area contributed by atoms with Gasteiger partial charge in [0, 0.05) is 6.16 Å². The van der Waals surface area contributed by atoms with Crippen molar-refractivity contribution in [1.29, 1.82) is 0 Å². The highest BCUT2D eigenvalue weighted by Crippen LogP contribution is 2.45. The highest BCUT2D eigenvalue weighted by molar-refractivity contribution is 7.59. The Bertz CT molecular complexity index is 417. The van der Waals surface area contributed by atoms with Crippen molar-refractivity contribution in [3.8, 4) is 0 Å². The minimum Gasteiger partial charge on any atom is -0.323 e. The van der Waals surface area contributed by atoms with Crippen LogP contribution in [0, 0.1) is 0 Å². The molecule has 0 aliphatic rings. The number of hydrogen-bond donors (Lipinski definition) is 1. The fraction of sp³-hybridized carbons (Fsp3) is 0.467. The molecule has 0 heterocycles. The van der Waals surface area contributed by atoms with Crippen LogP contribution in [-0.4, -0.2) is 12.4 Å². The van der Waals surface area contributed by atoms with E-state index >= 15 is 0 Å². The quantitative estimate of drug-likeness (QED) is 0.420. The fourth-order valence-electron chi connectivity index (χ4n) is 1.62. The van der Waals surface area contributed by atoms with Crippen molar-refractivity contribution in [1.82, 2.24) is 0 Å². The molecule has 106 valence electrons. The van der Waals surface area contributed by atoms with Gasteiger partial charge in [-0.25, -0.2) is 0 Å². The maximum absolute atomic E-state index is 12.4. The van der Waals surface area contributed by atoms with Gasteiger partial charge in [-0.1, -0.05) is 62.2 Å². The number of rotatable bonds is 9. The largest absolute Gasteiger partial charge is 0.323 e. The third-order valence-corrected chi connectivity index (χ3v) is 4.79. The number of nitrogens with two attached hydrogens (primary N) is 1. The molecule has 0 fully saturated rings. The molecule has 0 saturated carbocycles. The first-order valence-electron chi connectivity index (χ1n) is 6.82. The summed E-state index contributed by atoms with van der Waals surface area (Å²) in [6.45, 7) is 2.51. The zero-order valence-electron chi connectivity index (χ0n) is 11.6. The zero-order valence-corrected chi connectivity index (χ0v) is 12.5. The van der Waals surface area contributed by atoms with Gasteiger partial charge in [0.25, 0.3) is 0 Å². The molecule has 19 heavy (non-hydrogen) atoms. The van der Waals surface area contributed by atoms with Gasteiger partial charge in [0.2, 0.25) is 7.37 Å². The van der Waals surface area contributed by atoms with Crippen molar-refractivity contribution >= 4 is 7.37 Å². The Morgan fingerprint density at radius 1 is 1.26 bits per heavy atom. The summed E-state index contributed by atoms with van der Waals surface area (Å²) >= 11 is 0. The molecule has 2 N–H and O–H groups in total. The van der Waals surface area contributed by atoms with Crippen molar-refractivity contribution in [2.75, 3.05) is 12.4 Å². The second-order valence-corrected chi connectivity index (χ2v) is 7.17. The van der Waals surface area contributed by atoms with Crippen molar-refractivity contribution in [2.24, 2.45) is 5.73 Å². The normalized spacial score (nSPS) is 14.6. The topological polar surface area (TPSA) is 52.3 Å². The highest BCUT2D eigenvalue weighted by atomic mass is 31.2. The maximum Gasteiger partial charge on any atom is 0.220 e. The van der Waals surface area contributed by atoms with Gasteiger partial charge < -0.3 is 10.3 Å². The van der Waals surface area contributed by atoms with Crippen LogP contribution < -0.4 is 5.73 Å². The van der Waals surface area contributed by atoms with Crippen LogP contribution in [0.3, 0.4) is 0 Å². The maximum atomic E-state index is 12.4. The summed E-state index contributed by atoms with van der Waals surface area (Å²) in [4.78, 5) is 0. The Morgan fingerprint density at radius 2 is 2.00 bits per heavy atom. The lowest BCUT2D eigenvalue weighted by Gasteiger charge is -2.15. The van der Waals surface area contributed by atoms with Crippen LogP contribution in [0.5, 0.6) is 0 Å². The SMILES string of the molecule is CCCC/C=C/C[P@](=O)(CN)OCc1ccccc1. The number of benzene rings is 1. The van der Waals surface area contributed by atoms with Gasteiger partial charge in [-0.2, -0.15) is 0 Å². The molecule has 0 amide bonds. The number of unbranched alkanes of at least 4 members (excludes halogenated alkanes) is 2. The molecular formula is C15H24NO2P. The summed E-state index contributed by atoms with van der Waals surface area (Å²) in [6.07, 6.45) is 7.89. The molecule has 0 aliphatic carbocycles. The van der Waals surface area contributed by atoms with E-state index in [2.05, 4.69) is 13.0 Å². The molecule has 0 aliphatic heterocycles. The van der Waals surface area contributed by atoms with Gasteiger partial charge in [0.1, 0.15) is 0 Å². The molecule has 1 rings (SSSR count). The van der Waals surface area contributed by atoms with E-state index in [-0.39, 0.29) is 6.29 Å². The minimum atomic E-state index is -2.72. The van der Waals surface area contributed by atoms with Crippen LogP contribution in [0.15, 0.2) is 42.5 Å².